The number of piperidine rings is 1. The Labute approximate surface area is 231 Å². The van der Waals surface area contributed by atoms with Crippen LogP contribution in [-0.4, -0.2) is 51.7 Å². The van der Waals surface area contributed by atoms with E-state index in [0.717, 1.165) is 22.4 Å². The molecule has 0 amide bonds. The molecular weight excluding hydrogens is 517 g/mol. The van der Waals surface area contributed by atoms with Crippen molar-refractivity contribution in [3.63, 3.8) is 0 Å². The average molecular weight is 549 g/mol. The highest BCUT2D eigenvalue weighted by Gasteiger charge is 2.58. The van der Waals surface area contributed by atoms with Gasteiger partial charge < -0.3 is 9.84 Å². The van der Waals surface area contributed by atoms with E-state index < -0.39 is 24.0 Å². The molecule has 4 aromatic rings. The second-order valence-corrected chi connectivity index (χ2v) is 10.6. The quantitative estimate of drug-likeness (QED) is 0.313. The first kappa shape index (κ1) is 27.7. The first-order chi connectivity index (χ1) is 19.1. The largest absolute Gasteiger partial charge is 0.490 e. The van der Waals surface area contributed by atoms with Gasteiger partial charge in [0.2, 0.25) is 5.60 Å². The first-order valence-corrected chi connectivity index (χ1v) is 13.3. The summed E-state index contributed by atoms with van der Waals surface area (Å²) in [5.74, 6) is 0.773. The van der Waals surface area contributed by atoms with Gasteiger partial charge >= 0.3 is 6.18 Å². The molecule has 1 fully saturated rings. The number of hydrogen-bond donors (Lipinski definition) is 1. The lowest BCUT2D eigenvalue weighted by molar-refractivity contribution is -0.273. The summed E-state index contributed by atoms with van der Waals surface area (Å²) in [5.41, 5.74) is -0.132. The van der Waals surface area contributed by atoms with E-state index in [-0.39, 0.29) is 18.0 Å². The van der Waals surface area contributed by atoms with Crippen molar-refractivity contribution in [3.8, 4) is 11.8 Å². The number of para-hydroxylation sites is 1. The molecule has 9 heteroatoms. The molecule has 0 bridgehead atoms. The van der Waals surface area contributed by atoms with Gasteiger partial charge in [-0.05, 0) is 62.1 Å². The van der Waals surface area contributed by atoms with Crippen LogP contribution in [0.15, 0.2) is 66.7 Å². The van der Waals surface area contributed by atoms with Gasteiger partial charge in [-0.15, -0.1) is 0 Å². The number of nitrogens with zero attached hydrogens (tertiary/aromatic N) is 4. The van der Waals surface area contributed by atoms with Crippen LogP contribution in [-0.2, 0) is 12.1 Å². The van der Waals surface area contributed by atoms with Crippen LogP contribution in [0.4, 0.5) is 13.2 Å². The Morgan fingerprint density at radius 2 is 1.77 bits per heavy atom. The predicted molar refractivity (Wildman–Crippen MR) is 146 cm³/mol. The Morgan fingerprint density at radius 3 is 2.45 bits per heavy atom. The van der Waals surface area contributed by atoms with Crippen molar-refractivity contribution in [1.29, 1.82) is 5.26 Å². The molecule has 1 unspecified atom stereocenters. The lowest BCUT2D eigenvalue weighted by Crippen LogP contribution is -2.53. The van der Waals surface area contributed by atoms with Crippen molar-refractivity contribution < 1.29 is 23.0 Å². The summed E-state index contributed by atoms with van der Waals surface area (Å²) in [6, 6.07) is 21.7. The molecule has 1 aliphatic rings. The van der Waals surface area contributed by atoms with Gasteiger partial charge in [0.15, 0.2) is 0 Å². The summed E-state index contributed by atoms with van der Waals surface area (Å²) >= 11 is 0. The molecule has 1 atom stereocenters. The Bertz CT molecular complexity index is 1550. The molecule has 3 aromatic carbocycles. The van der Waals surface area contributed by atoms with Gasteiger partial charge in [-0.2, -0.15) is 23.5 Å². The molecule has 0 aliphatic carbocycles. The van der Waals surface area contributed by atoms with Crippen molar-refractivity contribution in [2.45, 2.75) is 51.1 Å². The summed E-state index contributed by atoms with van der Waals surface area (Å²) < 4.78 is 51.7. The summed E-state index contributed by atoms with van der Waals surface area (Å²) in [6.45, 7) is 4.12. The number of benzene rings is 3. The molecule has 208 valence electrons. The molecule has 40 heavy (non-hydrogen) atoms. The minimum atomic E-state index is -4.98. The number of likely N-dealkylation sites (tertiary alicyclic amines) is 1. The van der Waals surface area contributed by atoms with E-state index in [0.29, 0.717) is 37.0 Å². The number of ether oxygens (including phenoxy) is 1. The van der Waals surface area contributed by atoms with Gasteiger partial charge in [0, 0.05) is 25.0 Å². The zero-order valence-corrected chi connectivity index (χ0v) is 22.4. The van der Waals surface area contributed by atoms with E-state index in [1.54, 1.807) is 4.90 Å². The number of rotatable bonds is 7. The number of β-amino-alcohol motifs (C(OH)–C–C–N with tert-alkyl or cyclic N) is 1. The summed E-state index contributed by atoms with van der Waals surface area (Å²) in [4.78, 5) is 1.63. The van der Waals surface area contributed by atoms with Gasteiger partial charge in [0.25, 0.3) is 0 Å². The minimum absolute atomic E-state index is 0.116. The maximum absolute atomic E-state index is 14.7. The van der Waals surface area contributed by atoms with Gasteiger partial charge in [-0.25, -0.2) is 0 Å². The number of hydrogen-bond acceptors (Lipinski definition) is 5. The van der Waals surface area contributed by atoms with Crippen LogP contribution in [0.25, 0.3) is 10.9 Å². The van der Waals surface area contributed by atoms with E-state index in [4.69, 9.17) is 4.74 Å². The van der Waals surface area contributed by atoms with Crippen molar-refractivity contribution in [2.24, 2.45) is 0 Å². The fraction of sp³-hybridized carbons (Fsp3) is 0.355. The number of alkyl halides is 3. The summed E-state index contributed by atoms with van der Waals surface area (Å²) in [7, 11) is 0. The van der Waals surface area contributed by atoms with E-state index in [1.807, 2.05) is 68.4 Å². The number of fused-ring (bicyclic) bond motifs is 1. The first-order valence-electron chi connectivity index (χ1n) is 13.3. The topological polar surface area (TPSA) is 74.3 Å². The molecule has 0 saturated carbocycles. The van der Waals surface area contributed by atoms with Crippen LogP contribution in [0.1, 0.15) is 40.8 Å². The van der Waals surface area contributed by atoms with Crippen LogP contribution in [0, 0.1) is 25.2 Å². The number of aryl methyl sites for hydroxylation is 2. The molecule has 1 N–H and O–H groups in total. The lowest BCUT2D eigenvalue weighted by Gasteiger charge is -2.38. The Balaban J connectivity index is 1.44. The zero-order chi connectivity index (χ0) is 28.5. The highest BCUT2D eigenvalue weighted by atomic mass is 19.4. The van der Waals surface area contributed by atoms with E-state index >= 15 is 0 Å². The molecule has 1 saturated heterocycles. The van der Waals surface area contributed by atoms with Crippen LogP contribution >= 0.6 is 0 Å². The Hall–Kier alpha value is -3.87. The zero-order valence-electron chi connectivity index (χ0n) is 22.4. The average Bonchev–Trinajstić information content (AvgIpc) is 3.28. The van der Waals surface area contributed by atoms with Crippen molar-refractivity contribution in [1.82, 2.24) is 14.7 Å². The second kappa shape index (κ2) is 11.0. The third-order valence-electron chi connectivity index (χ3n) is 7.53. The number of nitriles is 1. The monoisotopic (exact) mass is 548 g/mol. The summed E-state index contributed by atoms with van der Waals surface area (Å²) in [5, 5.41) is 25.4. The molecule has 6 nitrogen and oxygen atoms in total. The van der Waals surface area contributed by atoms with Crippen molar-refractivity contribution >= 4 is 10.9 Å². The van der Waals surface area contributed by atoms with Crippen LogP contribution < -0.4 is 4.74 Å². The lowest BCUT2D eigenvalue weighted by atomic mass is 9.93. The fourth-order valence-corrected chi connectivity index (χ4v) is 5.33. The standard InChI is InChI=1S/C31H31F3N4O2/c1-21-6-5-8-24(16-21)19-38-27-17-23(18-35)10-11-26(27)29(36-38)30(39,31(32,33)34)20-37-14-12-25(13-15-37)40-28-9-4-3-7-22(28)2/h3-11,16-17,25,39H,12-15,19-20H2,1-2H3. The maximum Gasteiger partial charge on any atom is 0.424 e. The van der Waals surface area contributed by atoms with Crippen molar-refractivity contribution in [2.75, 3.05) is 19.6 Å². The van der Waals surface area contributed by atoms with E-state index in [1.165, 1.54) is 22.9 Å². The molecule has 0 radical (unpaired) electrons. The van der Waals surface area contributed by atoms with Gasteiger partial charge in [0.1, 0.15) is 17.5 Å². The third-order valence-corrected chi connectivity index (χ3v) is 7.53. The van der Waals surface area contributed by atoms with Crippen molar-refractivity contribution in [3.05, 3.63) is 94.7 Å². The van der Waals surface area contributed by atoms with E-state index in [9.17, 15) is 23.5 Å². The highest BCUT2D eigenvalue weighted by Crippen LogP contribution is 2.42. The number of halogens is 3. The smallest absolute Gasteiger partial charge is 0.424 e. The van der Waals surface area contributed by atoms with Gasteiger partial charge in [0.05, 0.1) is 23.7 Å². The predicted octanol–water partition coefficient (Wildman–Crippen LogP) is 5.87. The SMILES string of the molecule is Cc1cccc(Cn2nc(C(O)(CN3CCC(Oc4ccccc4C)CC3)C(F)(F)F)c3ccc(C#N)cc32)c1. The number of aliphatic hydroxyl groups is 1. The molecule has 2 heterocycles. The molecule has 5 rings (SSSR count). The second-order valence-electron chi connectivity index (χ2n) is 10.6. The molecular formula is C31H31F3N4O2. The highest BCUT2D eigenvalue weighted by molar-refractivity contribution is 5.84. The Kier molecular flexibility index (Phi) is 7.58. The van der Waals surface area contributed by atoms with Crippen LogP contribution in [0.3, 0.4) is 0 Å². The molecule has 1 aliphatic heterocycles. The molecule has 1 aromatic heterocycles. The normalized spacial score (nSPS) is 16.5. The van der Waals surface area contributed by atoms with Crippen LogP contribution in [0.5, 0.6) is 5.75 Å². The third kappa shape index (κ3) is 5.55. The summed E-state index contributed by atoms with van der Waals surface area (Å²) in [6.07, 6.45) is -4.02. The van der Waals surface area contributed by atoms with Gasteiger partial charge in [-0.1, -0.05) is 48.0 Å². The Morgan fingerprint density at radius 1 is 1.02 bits per heavy atom. The maximum atomic E-state index is 14.7. The number of aromatic nitrogens is 2. The van der Waals surface area contributed by atoms with Crippen LogP contribution in [0.2, 0.25) is 0 Å². The van der Waals surface area contributed by atoms with E-state index in [2.05, 4.69) is 5.10 Å². The fourth-order valence-electron chi connectivity index (χ4n) is 5.33. The minimum Gasteiger partial charge on any atom is -0.490 e. The molecule has 0 spiro atoms. The van der Waals surface area contributed by atoms with Gasteiger partial charge in [-0.3, -0.25) is 9.58 Å².